The van der Waals surface area contributed by atoms with Gasteiger partial charge in [0.25, 0.3) is 0 Å². The number of halogens is 1. The Kier molecular flexibility index (Phi) is 4.96. The molecule has 0 aliphatic heterocycles. The minimum Gasteiger partial charge on any atom is -0.508 e. The number of rotatable bonds is 2. The molecule has 0 spiro atoms. The lowest BCUT2D eigenvalue weighted by Crippen LogP contribution is -2.63. The number of primary amides is 1. The summed E-state index contributed by atoms with van der Waals surface area (Å²) in [5.74, 6) is -7.10. The molecule has 0 aromatic heterocycles. The molecule has 0 heterocycles. The topological polar surface area (TPSA) is 184 Å². The van der Waals surface area contributed by atoms with Crippen LogP contribution in [-0.2, 0) is 22.6 Å². The summed E-state index contributed by atoms with van der Waals surface area (Å²) < 4.78 is 0.414. The molecule has 1 aromatic rings. The number of aliphatic hydroxyl groups is 3. The van der Waals surface area contributed by atoms with Gasteiger partial charge in [0, 0.05) is 18.0 Å². The fourth-order valence-electron chi connectivity index (χ4n) is 5.22. The monoisotopic (exact) mass is 528 g/mol. The van der Waals surface area contributed by atoms with E-state index in [1.54, 1.807) is 6.07 Å². The van der Waals surface area contributed by atoms with Crippen molar-refractivity contribution in [2.24, 2.45) is 29.2 Å². The van der Waals surface area contributed by atoms with Gasteiger partial charge in [-0.3, -0.25) is 14.4 Å². The Balaban J connectivity index is 1.91. The van der Waals surface area contributed by atoms with Crippen LogP contribution in [0.1, 0.15) is 34.3 Å². The Bertz CT molecular complexity index is 1040. The van der Waals surface area contributed by atoms with Crippen LogP contribution < -0.4 is 11.5 Å². The quantitative estimate of drug-likeness (QED) is 0.225. The Morgan fingerprint density at radius 3 is 2.53 bits per heavy atom. The molecule has 0 bridgehead atoms. The van der Waals surface area contributed by atoms with E-state index in [2.05, 4.69) is 0 Å². The minimum absolute atomic E-state index is 0.00283. The van der Waals surface area contributed by atoms with E-state index < -0.39 is 52.7 Å². The summed E-state index contributed by atoms with van der Waals surface area (Å²) in [6.45, 7) is 0.147. The molecule has 4 rings (SSSR count). The van der Waals surface area contributed by atoms with E-state index in [0.29, 0.717) is 14.7 Å². The number of amides is 1. The number of fused-ring (bicyclic) bond motifs is 3. The van der Waals surface area contributed by atoms with E-state index >= 15 is 0 Å². The van der Waals surface area contributed by atoms with Crippen molar-refractivity contribution >= 4 is 40.1 Å². The van der Waals surface area contributed by atoms with Gasteiger partial charge < -0.3 is 31.9 Å². The summed E-state index contributed by atoms with van der Waals surface area (Å²) in [4.78, 5) is 37.9. The van der Waals surface area contributed by atoms with Gasteiger partial charge in [0.2, 0.25) is 5.91 Å². The maximum Gasteiger partial charge on any atom is 0.230 e. The smallest absolute Gasteiger partial charge is 0.230 e. The largest absolute Gasteiger partial charge is 0.508 e. The number of hydrogen-bond donors (Lipinski definition) is 6. The predicted octanol–water partition coefficient (Wildman–Crippen LogP) is -0.191. The van der Waals surface area contributed by atoms with Crippen LogP contribution in [0.3, 0.4) is 0 Å². The number of ketones is 2. The molecule has 0 saturated heterocycles. The molecule has 3 aliphatic carbocycles. The molecule has 1 amide bonds. The van der Waals surface area contributed by atoms with Crippen molar-refractivity contribution in [1.82, 2.24) is 0 Å². The summed E-state index contributed by atoms with van der Waals surface area (Å²) in [5, 5.41) is 42.9. The number of nitrogens with two attached hydrogens (primary N) is 2. The highest BCUT2D eigenvalue weighted by Crippen LogP contribution is 2.52. The molecule has 160 valence electrons. The van der Waals surface area contributed by atoms with Gasteiger partial charge in [-0.25, -0.2) is 0 Å². The Labute approximate surface area is 184 Å². The van der Waals surface area contributed by atoms with Crippen LogP contribution in [0.25, 0.3) is 0 Å². The SMILES string of the molecule is NCc1cc(I)c(O)c2c1C[C@H]1C[C@H]3CC(O)C(C(N)=O)C(=O)[C@@]3(O)C(O)=C1C2=O. The van der Waals surface area contributed by atoms with Crippen LogP contribution >= 0.6 is 22.6 Å². The number of hydrogen-bond acceptors (Lipinski definition) is 8. The first-order chi connectivity index (χ1) is 14.0. The Morgan fingerprint density at radius 2 is 1.93 bits per heavy atom. The average Bonchev–Trinajstić information content (AvgIpc) is 2.67. The van der Waals surface area contributed by atoms with Gasteiger partial charge in [0.15, 0.2) is 17.2 Å². The van der Waals surface area contributed by atoms with E-state index in [9.17, 15) is 34.8 Å². The molecular formula is C20H21IN2O7. The first-order valence-electron chi connectivity index (χ1n) is 9.49. The van der Waals surface area contributed by atoms with Gasteiger partial charge in [-0.1, -0.05) is 0 Å². The van der Waals surface area contributed by atoms with Gasteiger partial charge in [0.05, 0.1) is 15.2 Å². The van der Waals surface area contributed by atoms with Crippen molar-refractivity contribution < 1.29 is 34.8 Å². The highest BCUT2D eigenvalue weighted by molar-refractivity contribution is 14.1. The summed E-state index contributed by atoms with van der Waals surface area (Å²) in [7, 11) is 0. The highest BCUT2D eigenvalue weighted by atomic mass is 127. The number of phenols is 1. The molecule has 1 aromatic carbocycles. The third kappa shape index (κ3) is 2.67. The van der Waals surface area contributed by atoms with Crippen molar-refractivity contribution in [2.75, 3.05) is 0 Å². The zero-order valence-electron chi connectivity index (χ0n) is 15.8. The number of aliphatic hydroxyl groups excluding tert-OH is 2. The number of carbonyl (C=O) groups excluding carboxylic acids is 3. The fraction of sp³-hybridized carbons (Fsp3) is 0.450. The predicted molar refractivity (Wildman–Crippen MR) is 111 cm³/mol. The lowest BCUT2D eigenvalue weighted by Gasteiger charge is -2.48. The highest BCUT2D eigenvalue weighted by Gasteiger charge is 2.62. The average molecular weight is 528 g/mol. The minimum atomic E-state index is -2.49. The summed E-state index contributed by atoms with van der Waals surface area (Å²) >= 11 is 1.87. The zero-order chi connectivity index (χ0) is 22.1. The molecular weight excluding hydrogens is 507 g/mol. The molecule has 0 radical (unpaired) electrons. The second-order valence-electron chi connectivity index (χ2n) is 8.16. The molecule has 30 heavy (non-hydrogen) atoms. The molecule has 1 saturated carbocycles. The van der Waals surface area contributed by atoms with Crippen LogP contribution in [0.2, 0.25) is 0 Å². The summed E-state index contributed by atoms with van der Waals surface area (Å²) in [5.41, 5.74) is 9.65. The van der Waals surface area contributed by atoms with Gasteiger partial charge in [-0.2, -0.15) is 0 Å². The molecule has 8 N–H and O–H groups in total. The molecule has 2 unspecified atom stereocenters. The zero-order valence-corrected chi connectivity index (χ0v) is 17.9. The molecule has 3 aliphatic rings. The maximum atomic E-state index is 13.3. The van der Waals surface area contributed by atoms with Gasteiger partial charge >= 0.3 is 0 Å². The van der Waals surface area contributed by atoms with Gasteiger partial charge in [-0.05, 0) is 65.0 Å². The van der Waals surface area contributed by atoms with E-state index in [0.717, 1.165) is 0 Å². The Morgan fingerprint density at radius 1 is 1.27 bits per heavy atom. The third-order valence-electron chi connectivity index (χ3n) is 6.66. The van der Waals surface area contributed by atoms with E-state index in [1.165, 1.54) is 0 Å². The maximum absolute atomic E-state index is 13.3. The molecule has 10 heteroatoms. The van der Waals surface area contributed by atoms with Crippen molar-refractivity contribution in [3.05, 3.63) is 37.7 Å². The lowest BCUT2D eigenvalue weighted by molar-refractivity contribution is -0.167. The van der Waals surface area contributed by atoms with Crippen LogP contribution in [0.4, 0.5) is 0 Å². The number of allylic oxidation sites excluding steroid dienone is 1. The second kappa shape index (κ2) is 7.01. The lowest BCUT2D eigenvalue weighted by atomic mass is 9.57. The van der Waals surface area contributed by atoms with Crippen molar-refractivity contribution in [3.8, 4) is 5.75 Å². The standard InChI is InChI=1S/C20H21IN2O7/c21-10-3-7(5-22)9-2-6-1-8-4-11(24)14(19(23)29)18(28)20(8,30)17(27)12(6)16(26)13(9)15(10)25/h3,6,8,11,14,24-25,27,30H,1-2,4-5,22H2,(H2,23,29)/t6-,8+,11?,14?,20+/m1/s1. The van der Waals surface area contributed by atoms with E-state index in [1.807, 2.05) is 22.6 Å². The Hall–Kier alpha value is -2.02. The van der Waals surface area contributed by atoms with Gasteiger partial charge in [0.1, 0.15) is 17.4 Å². The number of benzene rings is 1. The van der Waals surface area contributed by atoms with E-state index in [4.69, 9.17) is 11.5 Å². The normalized spacial score (nSPS) is 33.1. The van der Waals surface area contributed by atoms with Crippen molar-refractivity contribution in [2.45, 2.75) is 37.5 Å². The second-order valence-corrected chi connectivity index (χ2v) is 9.32. The van der Waals surface area contributed by atoms with Crippen molar-refractivity contribution in [3.63, 3.8) is 0 Å². The van der Waals surface area contributed by atoms with Gasteiger partial charge in [-0.15, -0.1) is 0 Å². The number of phenolic OH excluding ortho intramolecular Hbond substituents is 1. The van der Waals surface area contributed by atoms with Crippen LogP contribution in [0.5, 0.6) is 5.75 Å². The van der Waals surface area contributed by atoms with Crippen LogP contribution in [-0.4, -0.2) is 49.6 Å². The summed E-state index contributed by atoms with van der Waals surface area (Å²) in [6.07, 6.45) is -1.11. The summed E-state index contributed by atoms with van der Waals surface area (Å²) in [6, 6.07) is 1.70. The van der Waals surface area contributed by atoms with E-state index in [-0.39, 0.29) is 42.7 Å². The first-order valence-corrected chi connectivity index (χ1v) is 10.6. The molecule has 9 nitrogen and oxygen atoms in total. The van der Waals surface area contributed by atoms with Crippen LogP contribution in [0, 0.1) is 21.3 Å². The number of Topliss-reactive ketones (excluding diaryl/α,β-unsaturated/α-hetero) is 2. The number of aromatic hydroxyl groups is 1. The number of carbonyl (C=O) groups is 3. The molecule has 1 fully saturated rings. The fourth-order valence-corrected chi connectivity index (χ4v) is 5.86. The first kappa shape index (κ1) is 21.2. The van der Waals surface area contributed by atoms with Crippen molar-refractivity contribution in [1.29, 1.82) is 0 Å². The molecule has 5 atom stereocenters. The van der Waals surface area contributed by atoms with Crippen LogP contribution in [0.15, 0.2) is 17.4 Å². The third-order valence-corrected chi connectivity index (χ3v) is 7.48.